The summed E-state index contributed by atoms with van der Waals surface area (Å²) in [5.74, 6) is 0. The summed E-state index contributed by atoms with van der Waals surface area (Å²) in [4.78, 5) is 0. The van der Waals surface area contributed by atoms with E-state index in [2.05, 4.69) is 16.4 Å². The van der Waals surface area contributed by atoms with Gasteiger partial charge < -0.3 is 0 Å². The summed E-state index contributed by atoms with van der Waals surface area (Å²) in [5.41, 5.74) is 3.82. The van der Waals surface area contributed by atoms with Gasteiger partial charge in [-0.1, -0.05) is 47.7 Å². The van der Waals surface area contributed by atoms with E-state index in [4.69, 9.17) is 5.26 Å². The first kappa shape index (κ1) is 12.1. The Morgan fingerprint density at radius 1 is 1.00 bits per heavy atom. The fraction of sp³-hybridized carbons (Fsp3) is 0.0625. The zero-order valence-corrected chi connectivity index (χ0v) is 10.8. The smallest absolute Gasteiger partial charge is 0.0991 e. The molecule has 3 aromatic rings. The fourth-order valence-electron chi connectivity index (χ4n) is 2.06. The van der Waals surface area contributed by atoms with Crippen molar-refractivity contribution in [3.05, 3.63) is 71.9 Å². The van der Waals surface area contributed by atoms with Crippen molar-refractivity contribution in [2.24, 2.45) is 0 Å². The summed E-state index contributed by atoms with van der Waals surface area (Å²) in [6, 6.07) is 19.7. The van der Waals surface area contributed by atoms with Gasteiger partial charge in [-0.3, -0.25) is 0 Å². The molecule has 0 bridgehead atoms. The molecular weight excluding hydrogens is 248 g/mol. The molecule has 0 aliphatic heterocycles. The number of hydrogen-bond acceptors (Lipinski definition) is 3. The highest BCUT2D eigenvalue weighted by Crippen LogP contribution is 2.18. The second-order valence-electron chi connectivity index (χ2n) is 4.45. The molecule has 3 rings (SSSR count). The van der Waals surface area contributed by atoms with Crippen molar-refractivity contribution in [1.82, 2.24) is 15.0 Å². The number of nitriles is 1. The Bertz CT molecular complexity index is 736. The summed E-state index contributed by atoms with van der Waals surface area (Å²) in [5, 5.41) is 16.9. The van der Waals surface area contributed by atoms with E-state index in [1.54, 1.807) is 6.20 Å². The van der Waals surface area contributed by atoms with Crippen molar-refractivity contribution in [2.75, 3.05) is 0 Å². The Balaban J connectivity index is 1.89. The van der Waals surface area contributed by atoms with Crippen LogP contribution in [0, 0.1) is 11.3 Å². The summed E-state index contributed by atoms with van der Waals surface area (Å²) in [6.45, 7) is 0.635. The lowest BCUT2D eigenvalue weighted by molar-refractivity contribution is 0.655. The molecule has 1 aromatic heterocycles. The molecule has 0 aliphatic rings. The second kappa shape index (κ2) is 5.37. The highest BCUT2D eigenvalue weighted by atomic mass is 15.4. The third kappa shape index (κ3) is 2.43. The predicted octanol–water partition coefficient (Wildman–Crippen LogP) is 2.87. The Hall–Kier alpha value is -2.93. The Kier molecular flexibility index (Phi) is 3.25. The normalized spacial score (nSPS) is 10.2. The number of aromatic nitrogens is 3. The maximum Gasteiger partial charge on any atom is 0.0991 e. The fourth-order valence-corrected chi connectivity index (χ4v) is 2.06. The number of nitrogens with zero attached hydrogens (tertiary/aromatic N) is 4. The number of benzene rings is 2. The van der Waals surface area contributed by atoms with Crippen LogP contribution >= 0.6 is 0 Å². The predicted molar refractivity (Wildman–Crippen MR) is 75.7 cm³/mol. The molecule has 0 atom stereocenters. The zero-order valence-electron chi connectivity index (χ0n) is 10.8. The Morgan fingerprint density at radius 2 is 1.75 bits per heavy atom. The van der Waals surface area contributed by atoms with Crippen molar-refractivity contribution in [3.63, 3.8) is 0 Å². The van der Waals surface area contributed by atoms with Crippen LogP contribution in [-0.4, -0.2) is 15.0 Å². The lowest BCUT2D eigenvalue weighted by Gasteiger charge is -2.06. The molecular formula is C16H12N4. The van der Waals surface area contributed by atoms with Crippen molar-refractivity contribution in [1.29, 1.82) is 5.26 Å². The van der Waals surface area contributed by atoms with Gasteiger partial charge in [-0.2, -0.15) is 5.26 Å². The quantitative estimate of drug-likeness (QED) is 0.727. The maximum atomic E-state index is 8.80. The van der Waals surface area contributed by atoms with Gasteiger partial charge in [-0.05, 0) is 17.7 Å². The standard InChI is InChI=1S/C16H12N4/c17-10-13-6-8-14(9-7-13)12-20-16(11-18-19-20)15-4-2-1-3-5-15/h1-9,11H,12H2. The average Bonchev–Trinajstić information content (AvgIpc) is 2.97. The molecule has 0 amide bonds. The van der Waals surface area contributed by atoms with E-state index in [1.165, 1.54) is 0 Å². The van der Waals surface area contributed by atoms with E-state index in [-0.39, 0.29) is 0 Å². The topological polar surface area (TPSA) is 54.5 Å². The van der Waals surface area contributed by atoms with E-state index >= 15 is 0 Å². The molecule has 1 heterocycles. The Labute approximate surface area is 116 Å². The first-order chi connectivity index (χ1) is 9.86. The van der Waals surface area contributed by atoms with Crippen LogP contribution in [0.5, 0.6) is 0 Å². The van der Waals surface area contributed by atoms with Crippen LogP contribution in [0.15, 0.2) is 60.8 Å². The lowest BCUT2D eigenvalue weighted by Crippen LogP contribution is -2.04. The lowest BCUT2D eigenvalue weighted by atomic mass is 10.1. The van der Waals surface area contributed by atoms with E-state index in [0.717, 1.165) is 16.8 Å². The largest absolute Gasteiger partial charge is 0.240 e. The van der Waals surface area contributed by atoms with Crippen LogP contribution in [0.4, 0.5) is 0 Å². The van der Waals surface area contributed by atoms with E-state index in [1.807, 2.05) is 59.3 Å². The summed E-state index contributed by atoms with van der Waals surface area (Å²) >= 11 is 0. The molecule has 4 nitrogen and oxygen atoms in total. The second-order valence-corrected chi connectivity index (χ2v) is 4.45. The molecule has 4 heteroatoms. The van der Waals surface area contributed by atoms with Crippen molar-refractivity contribution in [3.8, 4) is 17.3 Å². The Morgan fingerprint density at radius 3 is 2.45 bits per heavy atom. The monoisotopic (exact) mass is 260 g/mol. The van der Waals surface area contributed by atoms with E-state index in [0.29, 0.717) is 12.1 Å². The van der Waals surface area contributed by atoms with Gasteiger partial charge in [-0.25, -0.2) is 4.68 Å². The van der Waals surface area contributed by atoms with Crippen LogP contribution in [-0.2, 0) is 6.54 Å². The van der Waals surface area contributed by atoms with Gasteiger partial charge in [0.25, 0.3) is 0 Å². The van der Waals surface area contributed by atoms with Gasteiger partial charge in [0.15, 0.2) is 0 Å². The minimum Gasteiger partial charge on any atom is -0.240 e. The minimum atomic E-state index is 0.635. The molecule has 0 saturated carbocycles. The summed E-state index contributed by atoms with van der Waals surface area (Å²) in [7, 11) is 0. The first-order valence-electron chi connectivity index (χ1n) is 6.30. The average molecular weight is 260 g/mol. The maximum absolute atomic E-state index is 8.80. The molecule has 0 spiro atoms. The third-order valence-corrected chi connectivity index (χ3v) is 3.10. The van der Waals surface area contributed by atoms with Crippen LogP contribution in [0.2, 0.25) is 0 Å². The minimum absolute atomic E-state index is 0.635. The van der Waals surface area contributed by atoms with Crippen LogP contribution in [0.3, 0.4) is 0 Å². The van der Waals surface area contributed by atoms with Gasteiger partial charge >= 0.3 is 0 Å². The van der Waals surface area contributed by atoms with Gasteiger partial charge in [0, 0.05) is 5.56 Å². The van der Waals surface area contributed by atoms with Crippen LogP contribution in [0.1, 0.15) is 11.1 Å². The molecule has 0 fully saturated rings. The molecule has 0 aliphatic carbocycles. The molecule has 0 N–H and O–H groups in total. The highest BCUT2D eigenvalue weighted by molar-refractivity contribution is 5.58. The first-order valence-corrected chi connectivity index (χ1v) is 6.30. The number of rotatable bonds is 3. The van der Waals surface area contributed by atoms with Crippen molar-refractivity contribution < 1.29 is 0 Å². The van der Waals surface area contributed by atoms with E-state index < -0.39 is 0 Å². The van der Waals surface area contributed by atoms with E-state index in [9.17, 15) is 0 Å². The molecule has 2 aromatic carbocycles. The summed E-state index contributed by atoms with van der Waals surface area (Å²) in [6.07, 6.45) is 1.76. The van der Waals surface area contributed by atoms with Gasteiger partial charge in [0.1, 0.15) is 0 Å². The van der Waals surface area contributed by atoms with Crippen LogP contribution in [0.25, 0.3) is 11.3 Å². The van der Waals surface area contributed by atoms with Crippen molar-refractivity contribution >= 4 is 0 Å². The molecule has 0 saturated heterocycles. The van der Waals surface area contributed by atoms with Crippen LogP contribution < -0.4 is 0 Å². The summed E-state index contributed by atoms with van der Waals surface area (Å²) < 4.78 is 1.86. The van der Waals surface area contributed by atoms with Gasteiger partial charge in [0.2, 0.25) is 0 Å². The van der Waals surface area contributed by atoms with Gasteiger partial charge in [-0.15, -0.1) is 5.10 Å². The molecule has 96 valence electrons. The van der Waals surface area contributed by atoms with Gasteiger partial charge in [0.05, 0.1) is 30.1 Å². The highest BCUT2D eigenvalue weighted by Gasteiger charge is 2.06. The molecule has 0 unspecified atom stereocenters. The molecule has 0 radical (unpaired) electrons. The molecule has 20 heavy (non-hydrogen) atoms. The third-order valence-electron chi connectivity index (χ3n) is 3.10. The zero-order chi connectivity index (χ0) is 13.8. The SMILES string of the molecule is N#Cc1ccc(Cn2nncc2-c2ccccc2)cc1. The number of hydrogen-bond donors (Lipinski definition) is 0. The van der Waals surface area contributed by atoms with Crippen molar-refractivity contribution in [2.45, 2.75) is 6.54 Å².